The van der Waals surface area contributed by atoms with Gasteiger partial charge < -0.3 is 9.47 Å². The maximum absolute atomic E-state index is 5.80. The lowest BCUT2D eigenvalue weighted by molar-refractivity contribution is 0.110. The van der Waals surface area contributed by atoms with Crippen LogP contribution in [-0.2, 0) is 10.2 Å². The average Bonchev–Trinajstić information content (AvgIpc) is 3.11. The van der Waals surface area contributed by atoms with Crippen molar-refractivity contribution in [3.8, 4) is 5.75 Å². The average molecular weight is 373 g/mol. The number of benzene rings is 2. The molecule has 0 aliphatic heterocycles. The van der Waals surface area contributed by atoms with Gasteiger partial charge >= 0.3 is 0 Å². The van der Waals surface area contributed by atoms with E-state index in [4.69, 9.17) is 9.47 Å². The van der Waals surface area contributed by atoms with Crippen LogP contribution in [0.5, 0.6) is 5.75 Å². The van der Waals surface area contributed by atoms with E-state index in [9.17, 15) is 0 Å². The third kappa shape index (κ3) is 3.74. The quantitative estimate of drug-likeness (QED) is 0.501. The van der Waals surface area contributed by atoms with E-state index < -0.39 is 0 Å². The SMILES string of the molecule is C=CC1=CC=C(/C=C/C)C1(c1ccccc1)c1ccc(OCCOCC)cc1. The normalized spacial score (nSPS) is 18.8. The molecule has 2 heteroatoms. The number of hydrogen-bond donors (Lipinski definition) is 0. The molecule has 1 aliphatic carbocycles. The van der Waals surface area contributed by atoms with Gasteiger partial charge in [0.05, 0.1) is 12.0 Å². The van der Waals surface area contributed by atoms with E-state index in [-0.39, 0.29) is 5.41 Å². The highest BCUT2D eigenvalue weighted by atomic mass is 16.5. The number of rotatable bonds is 9. The van der Waals surface area contributed by atoms with Crippen molar-refractivity contribution in [2.24, 2.45) is 0 Å². The maximum atomic E-state index is 5.80. The van der Waals surface area contributed by atoms with Gasteiger partial charge in [-0.2, -0.15) is 0 Å². The Morgan fingerprint density at radius 3 is 2.21 bits per heavy atom. The summed E-state index contributed by atoms with van der Waals surface area (Å²) in [4.78, 5) is 0. The van der Waals surface area contributed by atoms with E-state index in [1.54, 1.807) is 0 Å². The molecule has 2 aromatic carbocycles. The summed E-state index contributed by atoms with van der Waals surface area (Å²) >= 11 is 0. The molecule has 0 N–H and O–H groups in total. The van der Waals surface area contributed by atoms with Gasteiger partial charge in [-0.15, -0.1) is 0 Å². The van der Waals surface area contributed by atoms with Crippen LogP contribution < -0.4 is 4.74 Å². The smallest absolute Gasteiger partial charge is 0.119 e. The zero-order chi connectivity index (χ0) is 19.8. The lowest BCUT2D eigenvalue weighted by atomic mass is 9.66. The van der Waals surface area contributed by atoms with Gasteiger partial charge in [-0.05, 0) is 48.3 Å². The van der Waals surface area contributed by atoms with Crippen LogP contribution in [0.2, 0.25) is 0 Å². The molecule has 0 saturated carbocycles. The standard InChI is InChI=1S/C26H28O2/c1-4-10-22-14-13-21(5-2)26(22,23-11-8-7-9-12-23)24-15-17-25(18-16-24)28-20-19-27-6-3/h4-5,7-18H,2,6,19-20H2,1,3H3/b10-4+. The van der Waals surface area contributed by atoms with Crippen molar-refractivity contribution in [3.63, 3.8) is 0 Å². The molecule has 0 radical (unpaired) electrons. The highest BCUT2D eigenvalue weighted by molar-refractivity contribution is 5.67. The van der Waals surface area contributed by atoms with Crippen LogP contribution in [-0.4, -0.2) is 19.8 Å². The zero-order valence-electron chi connectivity index (χ0n) is 16.7. The maximum Gasteiger partial charge on any atom is 0.119 e. The van der Waals surface area contributed by atoms with Crippen LogP contribution in [0, 0.1) is 0 Å². The summed E-state index contributed by atoms with van der Waals surface area (Å²) in [7, 11) is 0. The van der Waals surface area contributed by atoms with Crippen molar-refractivity contribution < 1.29 is 9.47 Å². The topological polar surface area (TPSA) is 18.5 Å². The monoisotopic (exact) mass is 372 g/mol. The fraction of sp³-hybridized carbons (Fsp3) is 0.231. The second-order valence-corrected chi connectivity index (χ2v) is 6.63. The van der Waals surface area contributed by atoms with Crippen molar-refractivity contribution in [1.82, 2.24) is 0 Å². The van der Waals surface area contributed by atoms with Gasteiger partial charge in [0.25, 0.3) is 0 Å². The lowest BCUT2D eigenvalue weighted by Gasteiger charge is -2.35. The summed E-state index contributed by atoms with van der Waals surface area (Å²) in [5, 5.41) is 0. The Bertz CT molecular complexity index is 872. The molecule has 1 atom stereocenters. The molecule has 0 bridgehead atoms. The summed E-state index contributed by atoms with van der Waals surface area (Å²) in [6.45, 7) is 10.00. The Hall–Kier alpha value is -2.84. The van der Waals surface area contributed by atoms with Crippen molar-refractivity contribution in [2.75, 3.05) is 19.8 Å². The fourth-order valence-corrected chi connectivity index (χ4v) is 3.86. The van der Waals surface area contributed by atoms with Gasteiger partial charge in [-0.3, -0.25) is 0 Å². The second kappa shape index (κ2) is 9.38. The Labute approximate surface area is 168 Å². The summed E-state index contributed by atoms with van der Waals surface area (Å²) in [6.07, 6.45) is 10.6. The third-order valence-corrected chi connectivity index (χ3v) is 5.07. The minimum atomic E-state index is -0.362. The van der Waals surface area contributed by atoms with E-state index in [0.29, 0.717) is 19.8 Å². The predicted molar refractivity (Wildman–Crippen MR) is 117 cm³/mol. The van der Waals surface area contributed by atoms with Crippen molar-refractivity contribution in [2.45, 2.75) is 19.3 Å². The van der Waals surface area contributed by atoms with Gasteiger partial charge in [0.1, 0.15) is 12.4 Å². The number of ether oxygens (including phenoxy) is 2. The van der Waals surface area contributed by atoms with Gasteiger partial charge in [-0.25, -0.2) is 0 Å². The molecule has 2 nitrogen and oxygen atoms in total. The molecule has 3 rings (SSSR count). The first-order chi connectivity index (χ1) is 13.8. The van der Waals surface area contributed by atoms with Crippen molar-refractivity contribution in [3.05, 3.63) is 114 Å². The molecule has 1 aliphatic rings. The summed E-state index contributed by atoms with van der Waals surface area (Å²) in [5.74, 6) is 0.852. The van der Waals surface area contributed by atoms with Gasteiger partial charge in [0.15, 0.2) is 0 Å². The zero-order valence-corrected chi connectivity index (χ0v) is 16.7. The molecule has 144 valence electrons. The first kappa shape index (κ1) is 19.9. The van der Waals surface area contributed by atoms with Crippen molar-refractivity contribution in [1.29, 1.82) is 0 Å². The van der Waals surface area contributed by atoms with E-state index in [1.165, 1.54) is 22.3 Å². The molecule has 0 aromatic heterocycles. The van der Waals surface area contributed by atoms with E-state index in [2.05, 4.69) is 80.3 Å². The molecule has 2 aromatic rings. The minimum absolute atomic E-state index is 0.362. The summed E-state index contributed by atoms with van der Waals surface area (Å²) in [5.41, 5.74) is 4.48. The predicted octanol–water partition coefficient (Wildman–Crippen LogP) is 6.02. The third-order valence-electron chi connectivity index (χ3n) is 5.07. The molecular weight excluding hydrogens is 344 g/mol. The summed E-state index contributed by atoms with van der Waals surface area (Å²) in [6, 6.07) is 19.0. The van der Waals surface area contributed by atoms with Crippen LogP contribution in [0.25, 0.3) is 0 Å². The van der Waals surface area contributed by atoms with E-state index in [0.717, 1.165) is 5.75 Å². The molecule has 0 fully saturated rings. The van der Waals surface area contributed by atoms with Crippen LogP contribution in [0.4, 0.5) is 0 Å². The largest absolute Gasteiger partial charge is 0.491 e. The molecular formula is C26H28O2. The Morgan fingerprint density at radius 2 is 1.57 bits per heavy atom. The lowest BCUT2D eigenvalue weighted by Crippen LogP contribution is -2.29. The molecule has 0 heterocycles. The number of allylic oxidation sites excluding steroid dienone is 7. The Kier molecular flexibility index (Phi) is 6.67. The van der Waals surface area contributed by atoms with Crippen molar-refractivity contribution >= 4 is 0 Å². The molecule has 0 saturated heterocycles. The van der Waals surface area contributed by atoms with Crippen LogP contribution in [0.1, 0.15) is 25.0 Å². The van der Waals surface area contributed by atoms with E-state index >= 15 is 0 Å². The van der Waals surface area contributed by atoms with Crippen LogP contribution >= 0.6 is 0 Å². The molecule has 1 unspecified atom stereocenters. The Morgan fingerprint density at radius 1 is 0.893 bits per heavy atom. The molecule has 28 heavy (non-hydrogen) atoms. The van der Waals surface area contributed by atoms with Gasteiger partial charge in [-0.1, -0.05) is 79.4 Å². The highest BCUT2D eigenvalue weighted by Gasteiger charge is 2.41. The number of hydrogen-bond acceptors (Lipinski definition) is 2. The first-order valence-electron chi connectivity index (χ1n) is 9.82. The van der Waals surface area contributed by atoms with Gasteiger partial charge in [0, 0.05) is 6.61 Å². The van der Waals surface area contributed by atoms with Gasteiger partial charge in [0.2, 0.25) is 0 Å². The summed E-state index contributed by atoms with van der Waals surface area (Å²) < 4.78 is 11.1. The molecule has 0 amide bonds. The van der Waals surface area contributed by atoms with Crippen LogP contribution in [0.15, 0.2) is 103 Å². The minimum Gasteiger partial charge on any atom is -0.491 e. The first-order valence-corrected chi connectivity index (χ1v) is 9.82. The van der Waals surface area contributed by atoms with E-state index in [1.807, 2.05) is 25.1 Å². The molecule has 0 spiro atoms. The fourth-order valence-electron chi connectivity index (χ4n) is 3.86. The highest BCUT2D eigenvalue weighted by Crippen LogP contribution is 2.49. The Balaban J connectivity index is 2.02. The second-order valence-electron chi connectivity index (χ2n) is 6.63. The van der Waals surface area contributed by atoms with Crippen LogP contribution in [0.3, 0.4) is 0 Å².